The molecule has 0 radical (unpaired) electrons. The lowest BCUT2D eigenvalue weighted by molar-refractivity contribution is -0.142. The van der Waals surface area contributed by atoms with Crippen LogP contribution in [0.2, 0.25) is 0 Å². The molecule has 0 aliphatic rings. The van der Waals surface area contributed by atoms with Crippen molar-refractivity contribution in [3.05, 3.63) is 0 Å². The van der Waals surface area contributed by atoms with Gasteiger partial charge in [0.2, 0.25) is 5.91 Å². The lowest BCUT2D eigenvalue weighted by Gasteiger charge is -2.19. The fourth-order valence-electron chi connectivity index (χ4n) is 2.10. The van der Waals surface area contributed by atoms with E-state index in [0.29, 0.717) is 25.8 Å². The van der Waals surface area contributed by atoms with Crippen molar-refractivity contribution < 1.29 is 14.7 Å². The lowest BCUT2D eigenvalue weighted by Crippen LogP contribution is -2.36. The summed E-state index contributed by atoms with van der Waals surface area (Å²) in [5, 5.41) is 11.9. The van der Waals surface area contributed by atoms with Crippen molar-refractivity contribution in [3.8, 4) is 0 Å². The van der Waals surface area contributed by atoms with Gasteiger partial charge in [0.25, 0.3) is 0 Å². The van der Waals surface area contributed by atoms with Gasteiger partial charge in [0.1, 0.15) is 6.04 Å². The molecule has 0 aromatic rings. The molecule has 1 unspecified atom stereocenters. The van der Waals surface area contributed by atoms with Gasteiger partial charge >= 0.3 is 5.97 Å². The van der Waals surface area contributed by atoms with E-state index in [4.69, 9.17) is 5.11 Å². The number of aliphatic carboxylic acids is 1. The van der Waals surface area contributed by atoms with E-state index in [9.17, 15) is 9.59 Å². The van der Waals surface area contributed by atoms with Gasteiger partial charge in [-0.25, -0.2) is 0 Å². The van der Waals surface area contributed by atoms with Gasteiger partial charge in [-0.3, -0.25) is 14.5 Å². The van der Waals surface area contributed by atoms with Crippen LogP contribution in [0, 0.1) is 0 Å². The van der Waals surface area contributed by atoms with Crippen LogP contribution in [0.4, 0.5) is 0 Å². The molecule has 2 N–H and O–H groups in total. The monoisotopic (exact) mass is 286 g/mol. The van der Waals surface area contributed by atoms with Crippen LogP contribution in [0.1, 0.15) is 58.3 Å². The number of amides is 1. The Bertz CT molecular complexity index is 280. The molecular weight excluding hydrogens is 256 g/mol. The summed E-state index contributed by atoms with van der Waals surface area (Å²) in [5.41, 5.74) is 0. The molecule has 118 valence electrons. The zero-order valence-corrected chi connectivity index (χ0v) is 13.2. The summed E-state index contributed by atoms with van der Waals surface area (Å²) in [7, 11) is 3.52. The van der Waals surface area contributed by atoms with Crippen molar-refractivity contribution >= 4 is 11.9 Å². The van der Waals surface area contributed by atoms with E-state index in [0.717, 1.165) is 12.8 Å². The van der Waals surface area contributed by atoms with Crippen LogP contribution in [-0.4, -0.2) is 48.6 Å². The molecule has 0 heterocycles. The highest BCUT2D eigenvalue weighted by Gasteiger charge is 2.18. The van der Waals surface area contributed by atoms with Crippen molar-refractivity contribution in [1.29, 1.82) is 0 Å². The minimum atomic E-state index is -0.808. The van der Waals surface area contributed by atoms with E-state index in [1.807, 2.05) is 0 Å². The predicted octanol–water partition coefficient (Wildman–Crippen LogP) is 2.26. The number of rotatable bonds is 12. The molecule has 1 atom stereocenters. The molecule has 20 heavy (non-hydrogen) atoms. The molecule has 5 heteroatoms. The summed E-state index contributed by atoms with van der Waals surface area (Å²) in [6.07, 6.45) is 7.54. The maximum atomic E-state index is 11.6. The second-order valence-electron chi connectivity index (χ2n) is 5.47. The number of carbonyl (C=O) groups is 2. The number of carboxylic acids is 1. The minimum absolute atomic E-state index is 0.0817. The Balaban J connectivity index is 3.58. The zero-order valence-electron chi connectivity index (χ0n) is 13.2. The first-order valence-electron chi connectivity index (χ1n) is 7.65. The number of carboxylic acid groups (broad SMARTS) is 1. The third-order valence-corrected chi connectivity index (χ3v) is 3.39. The molecule has 0 aliphatic carbocycles. The Kier molecular flexibility index (Phi) is 11.1. The van der Waals surface area contributed by atoms with Gasteiger partial charge in [-0.05, 0) is 33.4 Å². The number of carbonyl (C=O) groups excluding carboxylic acids is 1. The SMILES string of the molecule is CCCCCCCC(=O)NCCCC(C(=O)O)N(C)C. The molecule has 0 saturated heterocycles. The second-order valence-corrected chi connectivity index (χ2v) is 5.47. The predicted molar refractivity (Wildman–Crippen MR) is 80.7 cm³/mol. The molecular formula is C15H30N2O3. The summed E-state index contributed by atoms with van der Waals surface area (Å²) in [6.45, 7) is 2.73. The van der Waals surface area contributed by atoms with Crippen LogP contribution in [-0.2, 0) is 9.59 Å². The maximum Gasteiger partial charge on any atom is 0.320 e. The largest absolute Gasteiger partial charge is 0.480 e. The average molecular weight is 286 g/mol. The van der Waals surface area contributed by atoms with Crippen molar-refractivity contribution in [2.45, 2.75) is 64.3 Å². The van der Waals surface area contributed by atoms with Crippen LogP contribution in [0.15, 0.2) is 0 Å². The third-order valence-electron chi connectivity index (χ3n) is 3.39. The van der Waals surface area contributed by atoms with E-state index < -0.39 is 12.0 Å². The van der Waals surface area contributed by atoms with Crippen LogP contribution >= 0.6 is 0 Å². The molecule has 1 amide bonds. The van der Waals surface area contributed by atoms with Crippen LogP contribution in [0.5, 0.6) is 0 Å². The summed E-state index contributed by atoms with van der Waals surface area (Å²) < 4.78 is 0. The minimum Gasteiger partial charge on any atom is -0.480 e. The highest BCUT2D eigenvalue weighted by atomic mass is 16.4. The van der Waals surface area contributed by atoms with Gasteiger partial charge in [0.15, 0.2) is 0 Å². The van der Waals surface area contributed by atoms with Crippen LogP contribution in [0.25, 0.3) is 0 Å². The summed E-state index contributed by atoms with van der Waals surface area (Å²) in [6, 6.07) is -0.471. The normalized spacial score (nSPS) is 12.4. The fourth-order valence-corrected chi connectivity index (χ4v) is 2.10. The average Bonchev–Trinajstić information content (AvgIpc) is 2.37. The highest BCUT2D eigenvalue weighted by molar-refractivity contribution is 5.75. The molecule has 0 spiro atoms. The molecule has 0 rings (SSSR count). The Morgan fingerprint density at radius 1 is 1.10 bits per heavy atom. The van der Waals surface area contributed by atoms with Crippen molar-refractivity contribution in [3.63, 3.8) is 0 Å². The molecule has 0 aromatic heterocycles. The Morgan fingerprint density at radius 3 is 2.30 bits per heavy atom. The van der Waals surface area contributed by atoms with Crippen molar-refractivity contribution in [1.82, 2.24) is 10.2 Å². The standard InChI is InChI=1S/C15H30N2O3/c1-4-5-6-7-8-11-14(18)16-12-9-10-13(15(19)20)17(2)3/h13H,4-12H2,1-3H3,(H,16,18)(H,19,20). The number of nitrogens with one attached hydrogen (secondary N) is 1. The van der Waals surface area contributed by atoms with E-state index >= 15 is 0 Å². The van der Waals surface area contributed by atoms with Crippen molar-refractivity contribution in [2.24, 2.45) is 0 Å². The van der Waals surface area contributed by atoms with Gasteiger partial charge in [0, 0.05) is 13.0 Å². The first kappa shape index (κ1) is 18.9. The first-order valence-corrected chi connectivity index (χ1v) is 7.65. The smallest absolute Gasteiger partial charge is 0.320 e. The Labute approximate surface area is 122 Å². The maximum absolute atomic E-state index is 11.6. The van der Waals surface area contributed by atoms with Crippen molar-refractivity contribution in [2.75, 3.05) is 20.6 Å². The summed E-state index contributed by atoms with van der Waals surface area (Å²) in [4.78, 5) is 24.2. The quantitative estimate of drug-likeness (QED) is 0.540. The van der Waals surface area contributed by atoms with Crippen LogP contribution in [0.3, 0.4) is 0 Å². The summed E-state index contributed by atoms with van der Waals surface area (Å²) >= 11 is 0. The molecule has 0 aromatic carbocycles. The van der Waals surface area contributed by atoms with E-state index in [-0.39, 0.29) is 5.91 Å². The topological polar surface area (TPSA) is 69.6 Å². The number of hydrogen-bond donors (Lipinski definition) is 2. The molecule has 5 nitrogen and oxygen atoms in total. The van der Waals surface area contributed by atoms with E-state index in [1.165, 1.54) is 19.3 Å². The van der Waals surface area contributed by atoms with Gasteiger partial charge < -0.3 is 10.4 Å². The van der Waals surface area contributed by atoms with Gasteiger partial charge in [-0.2, -0.15) is 0 Å². The zero-order chi connectivity index (χ0) is 15.4. The third kappa shape index (κ3) is 9.78. The Morgan fingerprint density at radius 2 is 1.75 bits per heavy atom. The molecule has 0 aliphatic heterocycles. The molecule has 0 bridgehead atoms. The number of hydrogen-bond acceptors (Lipinski definition) is 3. The summed E-state index contributed by atoms with van der Waals surface area (Å²) in [5.74, 6) is -0.726. The molecule has 0 saturated carbocycles. The van der Waals surface area contributed by atoms with E-state index in [2.05, 4.69) is 12.2 Å². The number of nitrogens with zero attached hydrogens (tertiary/aromatic N) is 1. The lowest BCUT2D eigenvalue weighted by atomic mass is 10.1. The van der Waals surface area contributed by atoms with Gasteiger partial charge in [-0.1, -0.05) is 32.6 Å². The first-order chi connectivity index (χ1) is 9.49. The fraction of sp³-hybridized carbons (Fsp3) is 0.867. The molecule has 0 fully saturated rings. The number of likely N-dealkylation sites (N-methyl/N-ethyl adjacent to an activating group) is 1. The van der Waals surface area contributed by atoms with E-state index in [1.54, 1.807) is 19.0 Å². The number of unbranched alkanes of at least 4 members (excludes halogenated alkanes) is 4. The van der Waals surface area contributed by atoms with Crippen LogP contribution < -0.4 is 5.32 Å². The van der Waals surface area contributed by atoms with Gasteiger partial charge in [-0.15, -0.1) is 0 Å². The van der Waals surface area contributed by atoms with Gasteiger partial charge in [0.05, 0.1) is 0 Å². The second kappa shape index (κ2) is 11.7. The Hall–Kier alpha value is -1.10. The highest BCUT2D eigenvalue weighted by Crippen LogP contribution is 2.05.